The van der Waals surface area contributed by atoms with Gasteiger partial charge in [-0.1, -0.05) is 54.6 Å². The van der Waals surface area contributed by atoms with Gasteiger partial charge in [0, 0.05) is 44.5 Å². The Morgan fingerprint density at radius 1 is 1.08 bits per heavy atom. The molecular weight excluding hydrogens is 466 g/mol. The molecule has 2 aromatic heterocycles. The molecule has 0 saturated carbocycles. The summed E-state index contributed by atoms with van der Waals surface area (Å²) >= 11 is 0. The number of hydrogen-bond donors (Lipinski definition) is 0. The average Bonchev–Trinajstić information content (AvgIpc) is 3.37. The first-order valence-electron chi connectivity index (χ1n) is 12.3. The van der Waals surface area contributed by atoms with Gasteiger partial charge < -0.3 is 14.1 Å². The summed E-state index contributed by atoms with van der Waals surface area (Å²) in [7, 11) is 0. The fourth-order valence-electron chi connectivity index (χ4n) is 4.78. The molecule has 0 unspecified atom stereocenters. The van der Waals surface area contributed by atoms with Crippen LogP contribution in [0.15, 0.2) is 77.3 Å². The molecule has 0 radical (unpaired) electrons. The van der Waals surface area contributed by atoms with Gasteiger partial charge in [0.2, 0.25) is 11.8 Å². The summed E-state index contributed by atoms with van der Waals surface area (Å²) in [5.41, 5.74) is 3.47. The number of amides is 1. The van der Waals surface area contributed by atoms with Crippen molar-refractivity contribution in [3.63, 3.8) is 0 Å². The maximum Gasteiger partial charge on any atom is 0.411 e. The molecule has 1 aliphatic heterocycles. The molecule has 2 atom stereocenters. The lowest BCUT2D eigenvalue weighted by molar-refractivity contribution is -0.0660. The standard InChI is InChI=1S/C29H27N5O3/c1-20(23-9-11-24(12-10-23)26-13-8-22(18-30)19-31-26)34-17-16-29(37-28(34)35,25-6-4-3-5-7-25)15-14-27-33-32-21(2)36-27/h3-13,19-20H,14-17H2,1-2H3/t20-,29+/m0/s1. The van der Waals surface area contributed by atoms with E-state index in [-0.39, 0.29) is 12.1 Å². The van der Waals surface area contributed by atoms with Crippen molar-refractivity contribution in [2.45, 2.75) is 44.8 Å². The fraction of sp³-hybridized carbons (Fsp3) is 0.276. The Bertz CT molecular complexity index is 1410. The Hall–Kier alpha value is -4.51. The summed E-state index contributed by atoms with van der Waals surface area (Å²) in [6, 6.07) is 23.3. The molecule has 4 aromatic rings. The van der Waals surface area contributed by atoms with Crippen molar-refractivity contribution < 1.29 is 13.9 Å². The molecule has 2 aromatic carbocycles. The van der Waals surface area contributed by atoms with Gasteiger partial charge in [-0.2, -0.15) is 5.26 Å². The van der Waals surface area contributed by atoms with Crippen molar-refractivity contribution >= 4 is 6.09 Å². The Balaban J connectivity index is 1.32. The van der Waals surface area contributed by atoms with E-state index in [1.54, 1.807) is 24.1 Å². The quantitative estimate of drug-likeness (QED) is 0.323. The van der Waals surface area contributed by atoms with E-state index in [2.05, 4.69) is 21.3 Å². The first-order chi connectivity index (χ1) is 18.0. The summed E-state index contributed by atoms with van der Waals surface area (Å²) in [4.78, 5) is 19.5. The molecule has 0 bridgehead atoms. The lowest BCUT2D eigenvalue weighted by atomic mass is 9.84. The number of aryl methyl sites for hydroxylation is 2. The molecule has 3 heterocycles. The zero-order chi connectivity index (χ0) is 25.8. The van der Waals surface area contributed by atoms with E-state index >= 15 is 0 Å². The van der Waals surface area contributed by atoms with Crippen molar-refractivity contribution in [3.8, 4) is 17.3 Å². The van der Waals surface area contributed by atoms with Crippen LogP contribution in [0.1, 0.15) is 54.3 Å². The molecule has 0 aliphatic carbocycles. The van der Waals surface area contributed by atoms with Gasteiger partial charge in [0.25, 0.3) is 0 Å². The molecule has 37 heavy (non-hydrogen) atoms. The smallest absolute Gasteiger partial charge is 0.411 e. The molecule has 1 aliphatic rings. The molecule has 186 valence electrons. The van der Waals surface area contributed by atoms with Crippen LogP contribution in [0.2, 0.25) is 0 Å². The van der Waals surface area contributed by atoms with Crippen molar-refractivity contribution in [2.24, 2.45) is 0 Å². The van der Waals surface area contributed by atoms with Gasteiger partial charge in [0.15, 0.2) is 0 Å². The number of rotatable bonds is 7. The Labute approximate surface area is 215 Å². The number of pyridine rings is 1. The maximum atomic E-state index is 13.4. The van der Waals surface area contributed by atoms with Gasteiger partial charge in [-0.3, -0.25) is 4.98 Å². The molecule has 1 amide bonds. The third-order valence-electron chi connectivity index (χ3n) is 6.93. The number of ether oxygens (including phenoxy) is 1. The Kier molecular flexibility index (Phi) is 6.69. The van der Waals surface area contributed by atoms with E-state index in [0.717, 1.165) is 22.4 Å². The van der Waals surface area contributed by atoms with Gasteiger partial charge in [0.05, 0.1) is 17.3 Å². The van der Waals surface area contributed by atoms with Crippen LogP contribution in [0.4, 0.5) is 4.79 Å². The van der Waals surface area contributed by atoms with Gasteiger partial charge in [-0.25, -0.2) is 4.79 Å². The largest absolute Gasteiger partial charge is 0.438 e. The highest BCUT2D eigenvalue weighted by Gasteiger charge is 2.43. The first kappa shape index (κ1) is 24.2. The van der Waals surface area contributed by atoms with Gasteiger partial charge >= 0.3 is 6.09 Å². The topological polar surface area (TPSA) is 105 Å². The number of nitriles is 1. The first-order valence-corrected chi connectivity index (χ1v) is 12.3. The van der Waals surface area contributed by atoms with Crippen LogP contribution in [0.25, 0.3) is 11.3 Å². The highest BCUT2D eigenvalue weighted by Crippen LogP contribution is 2.40. The molecule has 8 nitrogen and oxygen atoms in total. The summed E-state index contributed by atoms with van der Waals surface area (Å²) in [5, 5.41) is 17.0. The molecule has 8 heteroatoms. The molecular formula is C29H27N5O3. The Morgan fingerprint density at radius 3 is 2.49 bits per heavy atom. The predicted octanol–water partition coefficient (Wildman–Crippen LogP) is 5.74. The normalized spacial score (nSPS) is 18.2. The number of carbonyl (C=O) groups excluding carboxylic acids is 1. The number of cyclic esters (lactones) is 1. The summed E-state index contributed by atoms with van der Waals surface area (Å²) < 4.78 is 11.8. The predicted molar refractivity (Wildman–Crippen MR) is 136 cm³/mol. The van der Waals surface area contributed by atoms with Crippen LogP contribution in [-0.4, -0.2) is 32.7 Å². The maximum absolute atomic E-state index is 13.4. The highest BCUT2D eigenvalue weighted by molar-refractivity contribution is 5.70. The number of hydrogen-bond acceptors (Lipinski definition) is 7. The van der Waals surface area contributed by atoms with Crippen molar-refractivity contribution in [3.05, 3.63) is 101 Å². The highest BCUT2D eigenvalue weighted by atomic mass is 16.6. The van der Waals surface area contributed by atoms with Gasteiger partial charge in [-0.15, -0.1) is 10.2 Å². The van der Waals surface area contributed by atoms with Crippen LogP contribution in [0, 0.1) is 18.3 Å². The van der Waals surface area contributed by atoms with E-state index in [9.17, 15) is 4.79 Å². The second-order valence-corrected chi connectivity index (χ2v) is 9.23. The van der Waals surface area contributed by atoms with Crippen molar-refractivity contribution in [1.29, 1.82) is 5.26 Å². The van der Waals surface area contributed by atoms with Crippen molar-refractivity contribution in [1.82, 2.24) is 20.1 Å². The molecule has 1 saturated heterocycles. The van der Waals surface area contributed by atoms with Crippen LogP contribution < -0.4 is 0 Å². The summed E-state index contributed by atoms with van der Waals surface area (Å²) in [6.07, 6.45) is 2.94. The van der Waals surface area contributed by atoms with Crippen LogP contribution in [0.3, 0.4) is 0 Å². The van der Waals surface area contributed by atoms with Crippen LogP contribution in [0.5, 0.6) is 0 Å². The third kappa shape index (κ3) is 5.07. The van der Waals surface area contributed by atoms with E-state index in [0.29, 0.717) is 43.2 Å². The minimum absolute atomic E-state index is 0.164. The zero-order valence-corrected chi connectivity index (χ0v) is 20.8. The summed E-state index contributed by atoms with van der Waals surface area (Å²) in [6.45, 7) is 4.32. The zero-order valence-electron chi connectivity index (χ0n) is 20.8. The molecule has 0 spiro atoms. The Morgan fingerprint density at radius 2 is 1.86 bits per heavy atom. The van der Waals surface area contributed by atoms with Crippen LogP contribution in [-0.2, 0) is 16.8 Å². The number of benzene rings is 2. The SMILES string of the molecule is Cc1nnc(CC[C@]2(c3ccccc3)CCN([C@@H](C)c3ccc(-c4ccc(C#N)cn4)cc3)C(=O)O2)o1. The average molecular weight is 494 g/mol. The minimum atomic E-state index is -0.762. The van der Waals surface area contributed by atoms with Gasteiger partial charge in [0.1, 0.15) is 11.7 Å². The van der Waals surface area contributed by atoms with E-state index in [1.165, 1.54) is 0 Å². The molecule has 1 fully saturated rings. The number of aromatic nitrogens is 3. The fourth-order valence-corrected chi connectivity index (χ4v) is 4.78. The van der Waals surface area contributed by atoms with Crippen molar-refractivity contribution in [2.75, 3.05) is 6.54 Å². The van der Waals surface area contributed by atoms with E-state index in [1.807, 2.05) is 67.6 Å². The lowest BCUT2D eigenvalue weighted by Gasteiger charge is -2.43. The number of carbonyl (C=O) groups is 1. The molecule has 5 rings (SSSR count). The van der Waals surface area contributed by atoms with Crippen LogP contribution >= 0.6 is 0 Å². The van der Waals surface area contributed by atoms with E-state index in [4.69, 9.17) is 14.4 Å². The lowest BCUT2D eigenvalue weighted by Crippen LogP contribution is -2.49. The molecule has 0 N–H and O–H groups in total. The minimum Gasteiger partial charge on any atom is -0.438 e. The van der Waals surface area contributed by atoms with E-state index < -0.39 is 5.60 Å². The second kappa shape index (κ2) is 10.2. The second-order valence-electron chi connectivity index (χ2n) is 9.23. The van der Waals surface area contributed by atoms with Gasteiger partial charge in [-0.05, 0) is 30.2 Å². The third-order valence-corrected chi connectivity index (χ3v) is 6.93. The number of nitrogens with zero attached hydrogens (tertiary/aromatic N) is 5. The monoisotopic (exact) mass is 493 g/mol. The summed E-state index contributed by atoms with van der Waals surface area (Å²) in [5.74, 6) is 1.06.